The van der Waals surface area contributed by atoms with Crippen LogP contribution in [0.4, 0.5) is 15.9 Å². The largest absolute Gasteiger partial charge is 0.495 e. The number of rotatable bonds is 5. The maximum Gasteiger partial charge on any atom is 0.230 e. The summed E-state index contributed by atoms with van der Waals surface area (Å²) in [6.45, 7) is 0.149. The van der Waals surface area contributed by atoms with E-state index in [1.165, 1.54) is 41.0 Å². The summed E-state index contributed by atoms with van der Waals surface area (Å²) in [4.78, 5) is 27.4. The number of sulfone groups is 1. The normalized spacial score (nSPS) is 18.7. The molecule has 1 unspecified atom stereocenters. The minimum absolute atomic E-state index is 0.00490. The number of para-hydroxylation sites is 2. The first kappa shape index (κ1) is 22.1. The molecule has 3 heterocycles. The van der Waals surface area contributed by atoms with Gasteiger partial charge in [-0.3, -0.25) is 9.59 Å². The van der Waals surface area contributed by atoms with Crippen LogP contribution in [0.2, 0.25) is 0 Å². The van der Waals surface area contributed by atoms with E-state index in [2.05, 4.69) is 10.4 Å². The number of hydrogen-bond acceptors (Lipinski definition) is 6. The third-order valence-corrected chi connectivity index (χ3v) is 7.41. The first-order chi connectivity index (χ1) is 16.3. The van der Waals surface area contributed by atoms with E-state index in [1.807, 2.05) is 0 Å². The molecule has 0 aliphatic carbocycles. The highest BCUT2D eigenvalue weighted by molar-refractivity contribution is 7.90. The molecule has 176 valence electrons. The number of aromatic nitrogens is 2. The Bertz CT molecular complexity index is 1400. The van der Waals surface area contributed by atoms with Gasteiger partial charge in [0.15, 0.2) is 9.84 Å². The van der Waals surface area contributed by atoms with Crippen LogP contribution < -0.4 is 15.0 Å². The number of fused-ring (bicyclic) bond motifs is 1. The summed E-state index contributed by atoms with van der Waals surface area (Å²) in [5, 5.41) is 7.17. The Hall–Kier alpha value is -3.73. The van der Waals surface area contributed by atoms with Crippen molar-refractivity contribution in [2.24, 2.45) is 5.92 Å². The number of amides is 2. The maximum atomic E-state index is 13.4. The van der Waals surface area contributed by atoms with Gasteiger partial charge in [0.1, 0.15) is 17.4 Å². The predicted molar refractivity (Wildman–Crippen MR) is 122 cm³/mol. The van der Waals surface area contributed by atoms with E-state index in [9.17, 15) is 22.4 Å². The third kappa shape index (κ3) is 3.92. The molecule has 34 heavy (non-hydrogen) atoms. The van der Waals surface area contributed by atoms with Gasteiger partial charge in [-0.25, -0.2) is 17.5 Å². The van der Waals surface area contributed by atoms with Crippen molar-refractivity contribution in [3.05, 3.63) is 65.6 Å². The van der Waals surface area contributed by atoms with Gasteiger partial charge < -0.3 is 15.0 Å². The quantitative estimate of drug-likeness (QED) is 0.596. The van der Waals surface area contributed by atoms with Crippen molar-refractivity contribution >= 4 is 33.2 Å². The van der Waals surface area contributed by atoms with Crippen molar-refractivity contribution < 1.29 is 27.1 Å². The number of carbonyl (C=O) groups is 2. The van der Waals surface area contributed by atoms with Crippen LogP contribution in [-0.2, 0) is 30.9 Å². The van der Waals surface area contributed by atoms with E-state index in [0.29, 0.717) is 28.4 Å². The van der Waals surface area contributed by atoms with E-state index in [-0.39, 0.29) is 36.2 Å². The maximum absolute atomic E-state index is 13.4. The second-order valence-electron chi connectivity index (χ2n) is 8.26. The molecule has 2 aliphatic heterocycles. The smallest absolute Gasteiger partial charge is 0.230 e. The standard InChI is InChI=1S/C23H21FN4O5S/c1-33-20-5-3-2-4-19(20)27-11-14(10-21(27)29)23(30)25-22-17-12-34(31,32)13-18(17)26-28(22)16-8-6-15(24)7-9-16/h2-9,14H,10-13H2,1H3,(H,25,30). The zero-order valence-corrected chi connectivity index (χ0v) is 19.0. The summed E-state index contributed by atoms with van der Waals surface area (Å²) >= 11 is 0. The molecule has 11 heteroatoms. The number of hydrogen-bond donors (Lipinski definition) is 1. The number of halogens is 1. The molecule has 2 aliphatic rings. The average molecular weight is 485 g/mol. The molecule has 1 atom stereocenters. The van der Waals surface area contributed by atoms with Crippen LogP contribution in [0.15, 0.2) is 48.5 Å². The molecule has 2 amide bonds. The Balaban J connectivity index is 1.44. The third-order valence-electron chi connectivity index (χ3n) is 5.97. The Labute approximate surface area is 195 Å². The minimum Gasteiger partial charge on any atom is -0.495 e. The molecule has 9 nitrogen and oxygen atoms in total. The van der Waals surface area contributed by atoms with Crippen LogP contribution in [0.25, 0.3) is 5.69 Å². The lowest BCUT2D eigenvalue weighted by atomic mass is 10.1. The van der Waals surface area contributed by atoms with Gasteiger partial charge in [0.2, 0.25) is 11.8 Å². The number of nitrogens with zero attached hydrogens (tertiary/aromatic N) is 3. The van der Waals surface area contributed by atoms with E-state index >= 15 is 0 Å². The summed E-state index contributed by atoms with van der Waals surface area (Å²) in [5.41, 5.74) is 1.80. The first-order valence-electron chi connectivity index (χ1n) is 10.6. The molecule has 1 N–H and O–H groups in total. The lowest BCUT2D eigenvalue weighted by Gasteiger charge is -2.19. The fraction of sp³-hybridized carbons (Fsp3) is 0.261. The molecule has 0 bridgehead atoms. The van der Waals surface area contributed by atoms with Gasteiger partial charge in [-0.05, 0) is 36.4 Å². The Morgan fingerprint density at radius 1 is 1.15 bits per heavy atom. The molecule has 2 aromatic carbocycles. The molecular formula is C23H21FN4O5S. The Morgan fingerprint density at radius 3 is 2.62 bits per heavy atom. The van der Waals surface area contributed by atoms with Crippen LogP contribution in [0.5, 0.6) is 5.75 Å². The average Bonchev–Trinajstić information content (AvgIpc) is 3.44. The summed E-state index contributed by atoms with van der Waals surface area (Å²) in [6.07, 6.45) is -0.00490. The van der Waals surface area contributed by atoms with Gasteiger partial charge in [-0.15, -0.1) is 0 Å². The molecule has 1 saturated heterocycles. The number of nitrogens with one attached hydrogen (secondary N) is 1. The lowest BCUT2D eigenvalue weighted by Crippen LogP contribution is -2.29. The zero-order valence-electron chi connectivity index (χ0n) is 18.2. The second kappa shape index (κ2) is 8.24. The van der Waals surface area contributed by atoms with Crippen molar-refractivity contribution in [2.75, 3.05) is 23.9 Å². The number of ether oxygens (including phenoxy) is 1. The predicted octanol–water partition coefficient (Wildman–Crippen LogP) is 2.44. The highest BCUT2D eigenvalue weighted by Gasteiger charge is 2.38. The van der Waals surface area contributed by atoms with Crippen LogP contribution >= 0.6 is 0 Å². The highest BCUT2D eigenvalue weighted by atomic mass is 32.2. The summed E-state index contributed by atoms with van der Waals surface area (Å²) in [7, 11) is -1.86. The first-order valence-corrected chi connectivity index (χ1v) is 12.4. The topological polar surface area (TPSA) is 111 Å². The molecule has 1 aromatic heterocycles. The van der Waals surface area contributed by atoms with E-state index in [0.717, 1.165) is 0 Å². The summed E-state index contributed by atoms with van der Waals surface area (Å²) in [6, 6.07) is 12.5. The van der Waals surface area contributed by atoms with Gasteiger partial charge in [0, 0.05) is 18.5 Å². The van der Waals surface area contributed by atoms with Gasteiger partial charge in [-0.1, -0.05) is 12.1 Å². The second-order valence-corrected chi connectivity index (χ2v) is 10.3. The molecule has 5 rings (SSSR count). The van der Waals surface area contributed by atoms with Crippen LogP contribution in [-0.4, -0.2) is 43.7 Å². The van der Waals surface area contributed by atoms with E-state index < -0.39 is 27.5 Å². The monoisotopic (exact) mass is 484 g/mol. The van der Waals surface area contributed by atoms with Crippen LogP contribution in [0.3, 0.4) is 0 Å². The summed E-state index contributed by atoms with van der Waals surface area (Å²) < 4.78 is 44.5. The van der Waals surface area contributed by atoms with Crippen molar-refractivity contribution in [3.8, 4) is 11.4 Å². The fourth-order valence-electron chi connectivity index (χ4n) is 4.33. The van der Waals surface area contributed by atoms with Crippen LogP contribution in [0, 0.1) is 11.7 Å². The van der Waals surface area contributed by atoms with Gasteiger partial charge >= 0.3 is 0 Å². The SMILES string of the molecule is COc1ccccc1N1CC(C(=O)Nc2c3c(nn2-c2ccc(F)cc2)CS(=O)(=O)C3)CC1=O. The number of carbonyl (C=O) groups excluding carboxylic acids is 2. The van der Waals surface area contributed by atoms with Gasteiger partial charge in [0.25, 0.3) is 0 Å². The molecule has 1 fully saturated rings. The van der Waals surface area contributed by atoms with E-state index in [1.54, 1.807) is 24.3 Å². The van der Waals surface area contributed by atoms with Crippen molar-refractivity contribution in [2.45, 2.75) is 17.9 Å². The van der Waals surface area contributed by atoms with Crippen molar-refractivity contribution in [1.29, 1.82) is 0 Å². The zero-order chi connectivity index (χ0) is 24.0. The molecular weight excluding hydrogens is 463 g/mol. The number of methoxy groups -OCH3 is 1. The van der Waals surface area contributed by atoms with Gasteiger partial charge in [-0.2, -0.15) is 5.10 Å². The van der Waals surface area contributed by atoms with Gasteiger partial charge in [0.05, 0.1) is 41.6 Å². The van der Waals surface area contributed by atoms with E-state index in [4.69, 9.17) is 4.74 Å². The van der Waals surface area contributed by atoms with Crippen LogP contribution in [0.1, 0.15) is 17.7 Å². The molecule has 0 saturated carbocycles. The molecule has 0 spiro atoms. The Kier molecular flexibility index (Phi) is 5.35. The fourth-order valence-corrected chi connectivity index (χ4v) is 5.82. The highest BCUT2D eigenvalue weighted by Crippen LogP contribution is 2.35. The molecule has 3 aromatic rings. The van der Waals surface area contributed by atoms with Crippen molar-refractivity contribution in [3.63, 3.8) is 0 Å². The number of benzene rings is 2. The lowest BCUT2D eigenvalue weighted by molar-refractivity contribution is -0.122. The number of anilines is 2. The van der Waals surface area contributed by atoms with Crippen molar-refractivity contribution in [1.82, 2.24) is 9.78 Å². The minimum atomic E-state index is -3.37. The molecule has 0 radical (unpaired) electrons. The summed E-state index contributed by atoms with van der Waals surface area (Å²) in [5.74, 6) is -1.49. The Morgan fingerprint density at radius 2 is 1.88 bits per heavy atom.